The van der Waals surface area contributed by atoms with Gasteiger partial charge in [-0.2, -0.15) is 0 Å². The second kappa shape index (κ2) is 10.4. The molecule has 0 N–H and O–H groups in total. The van der Waals surface area contributed by atoms with Gasteiger partial charge in [-0.1, -0.05) is 46.7 Å². The van der Waals surface area contributed by atoms with Crippen molar-refractivity contribution in [1.82, 2.24) is 0 Å². The van der Waals surface area contributed by atoms with Crippen LogP contribution in [0.15, 0.2) is 76.5 Å². The number of benzene rings is 3. The predicted octanol–water partition coefficient (Wildman–Crippen LogP) is 6.70. The third kappa shape index (κ3) is 4.53. The summed E-state index contributed by atoms with van der Waals surface area (Å²) in [6, 6.07) is 22.2. The molecule has 0 amide bonds. The van der Waals surface area contributed by atoms with Crippen molar-refractivity contribution in [3.63, 3.8) is 0 Å². The Morgan fingerprint density at radius 2 is 1.39 bits per heavy atom. The van der Waals surface area contributed by atoms with Crippen LogP contribution in [0.3, 0.4) is 0 Å². The Morgan fingerprint density at radius 3 is 1.86 bits per heavy atom. The largest absolute Gasteiger partial charge is 0.493 e. The number of hydrogen-bond donors (Lipinski definition) is 0. The van der Waals surface area contributed by atoms with E-state index < -0.39 is 16.4 Å². The Balaban J connectivity index is 1.80. The number of ketones is 1. The molecule has 3 aromatic carbocycles. The first kappa shape index (κ1) is 25.9. The van der Waals surface area contributed by atoms with E-state index in [1.54, 1.807) is 6.07 Å². The summed E-state index contributed by atoms with van der Waals surface area (Å²) in [6.07, 6.45) is -0.322. The zero-order chi connectivity index (χ0) is 25.9. The van der Waals surface area contributed by atoms with Crippen molar-refractivity contribution in [2.75, 3.05) is 27.9 Å². The summed E-state index contributed by atoms with van der Waals surface area (Å²) in [5.41, 5.74) is 0.395. The van der Waals surface area contributed by atoms with Crippen LogP contribution in [0.2, 0.25) is 0 Å². The molecule has 6 nitrogen and oxygen atoms in total. The lowest BCUT2D eigenvalue weighted by Gasteiger charge is -2.51. The van der Waals surface area contributed by atoms with Crippen molar-refractivity contribution in [3.8, 4) is 23.0 Å². The number of fused-ring (bicyclic) bond motifs is 1. The van der Waals surface area contributed by atoms with E-state index in [2.05, 4.69) is 45.0 Å². The Bertz CT molecular complexity index is 1160. The molecule has 1 heterocycles. The lowest BCUT2D eigenvalue weighted by atomic mass is 10.0. The first-order chi connectivity index (χ1) is 17.3. The van der Waals surface area contributed by atoms with E-state index in [-0.39, 0.29) is 23.6 Å². The summed E-state index contributed by atoms with van der Waals surface area (Å²) in [4.78, 5) is 15.8. The summed E-state index contributed by atoms with van der Waals surface area (Å²) in [5, 5.41) is 0. The molecule has 4 rings (SSSR count). The molecule has 3 aromatic rings. The Hall–Kier alpha value is -3.16. The van der Waals surface area contributed by atoms with Gasteiger partial charge in [-0.3, -0.25) is 4.79 Å². The van der Waals surface area contributed by atoms with Crippen LogP contribution in [-0.4, -0.2) is 44.6 Å². The van der Waals surface area contributed by atoms with Crippen LogP contribution in [0.25, 0.3) is 0 Å². The van der Waals surface area contributed by atoms with Gasteiger partial charge in [0.05, 0.1) is 26.9 Å². The minimum atomic E-state index is -2.05. The van der Waals surface area contributed by atoms with Crippen molar-refractivity contribution in [1.29, 1.82) is 0 Å². The minimum Gasteiger partial charge on any atom is -0.493 e. The molecule has 0 aliphatic carbocycles. The van der Waals surface area contributed by atoms with Gasteiger partial charge in [0.15, 0.2) is 17.3 Å². The van der Waals surface area contributed by atoms with Crippen molar-refractivity contribution < 1.29 is 27.9 Å². The van der Waals surface area contributed by atoms with E-state index >= 15 is 0 Å². The summed E-state index contributed by atoms with van der Waals surface area (Å²) in [6.45, 7) is 6.76. The molecular weight excluding hydrogens is 476 g/mol. The normalized spacial score (nSPS) is 16.4. The SMILES string of the molecule is COc1cc2c(c(OC)c1OC)OCC(OS(c1ccccc1)(c1ccccc1)C(C)(C)C)CC2=O. The van der Waals surface area contributed by atoms with Gasteiger partial charge >= 0.3 is 0 Å². The van der Waals surface area contributed by atoms with E-state index in [0.29, 0.717) is 28.6 Å². The van der Waals surface area contributed by atoms with E-state index in [9.17, 15) is 4.79 Å². The Morgan fingerprint density at radius 1 is 0.833 bits per heavy atom. The number of hydrogen-bond acceptors (Lipinski definition) is 6. The maximum Gasteiger partial charge on any atom is 0.208 e. The summed E-state index contributed by atoms with van der Waals surface area (Å²) >= 11 is 0. The van der Waals surface area contributed by atoms with Crippen LogP contribution in [0.5, 0.6) is 23.0 Å². The van der Waals surface area contributed by atoms with Gasteiger partial charge in [0.1, 0.15) is 12.7 Å². The Labute approximate surface area is 215 Å². The zero-order valence-corrected chi connectivity index (χ0v) is 22.5. The van der Waals surface area contributed by atoms with E-state index in [0.717, 1.165) is 9.79 Å². The quantitative estimate of drug-likeness (QED) is 0.352. The smallest absolute Gasteiger partial charge is 0.208 e. The molecule has 0 fully saturated rings. The molecule has 1 aliphatic rings. The summed E-state index contributed by atoms with van der Waals surface area (Å²) in [5.74, 6) is 1.38. The highest BCUT2D eigenvalue weighted by Crippen LogP contribution is 2.72. The van der Waals surface area contributed by atoms with Crippen LogP contribution < -0.4 is 18.9 Å². The number of Topliss-reactive ketones (excluding diaryl/α,β-unsaturated/α-hetero) is 1. The molecule has 0 bridgehead atoms. The molecule has 192 valence electrons. The van der Waals surface area contributed by atoms with Gasteiger partial charge in [0.25, 0.3) is 0 Å². The van der Waals surface area contributed by atoms with Crippen molar-refractivity contribution >= 4 is 16.1 Å². The van der Waals surface area contributed by atoms with Crippen LogP contribution in [0.4, 0.5) is 0 Å². The monoisotopic (exact) mass is 510 g/mol. The molecule has 0 aromatic heterocycles. The average molecular weight is 511 g/mol. The van der Waals surface area contributed by atoms with E-state index in [1.807, 2.05) is 36.4 Å². The standard InChI is InChI=1S/C29H34O6S/c1-29(2,3)36(21-13-9-7-10-14-21,22-15-11-8-12-16-22)35-20-17-24(30)23-18-25(31-4)27(32-5)28(33-6)26(23)34-19-20/h7-16,18,20H,17,19H2,1-6H3. The fraction of sp³-hybridized carbons (Fsp3) is 0.345. The molecule has 1 unspecified atom stereocenters. The summed E-state index contributed by atoms with van der Waals surface area (Å²) in [7, 11) is 2.52. The van der Waals surface area contributed by atoms with Crippen LogP contribution in [-0.2, 0) is 4.18 Å². The molecule has 7 heteroatoms. The Kier molecular flexibility index (Phi) is 7.52. The number of ether oxygens (including phenoxy) is 4. The lowest BCUT2D eigenvalue weighted by Crippen LogP contribution is -2.33. The topological polar surface area (TPSA) is 63.2 Å². The second-order valence-electron chi connectivity index (χ2n) is 9.47. The number of carbonyl (C=O) groups excluding carboxylic acids is 1. The molecule has 0 spiro atoms. The highest BCUT2D eigenvalue weighted by molar-refractivity contribution is 8.31. The van der Waals surface area contributed by atoms with Crippen LogP contribution in [0, 0.1) is 0 Å². The summed E-state index contributed by atoms with van der Waals surface area (Å²) < 4.78 is 29.6. The highest BCUT2D eigenvalue weighted by Gasteiger charge is 2.44. The van der Waals surface area contributed by atoms with E-state index in [1.165, 1.54) is 21.3 Å². The number of rotatable bonds is 7. The molecule has 0 saturated heterocycles. The molecule has 0 radical (unpaired) electrons. The average Bonchev–Trinajstić information content (AvgIpc) is 3.04. The van der Waals surface area contributed by atoms with Crippen LogP contribution >= 0.6 is 10.3 Å². The first-order valence-electron chi connectivity index (χ1n) is 11.9. The van der Waals surface area contributed by atoms with E-state index in [4.69, 9.17) is 23.1 Å². The molecular formula is C29H34O6S. The number of carbonyl (C=O) groups is 1. The lowest BCUT2D eigenvalue weighted by molar-refractivity contribution is 0.0892. The zero-order valence-electron chi connectivity index (χ0n) is 21.7. The van der Waals surface area contributed by atoms with Crippen LogP contribution in [0.1, 0.15) is 37.6 Å². The predicted molar refractivity (Wildman–Crippen MR) is 142 cm³/mol. The molecule has 1 atom stereocenters. The van der Waals surface area contributed by atoms with Crippen molar-refractivity contribution in [2.24, 2.45) is 0 Å². The second-order valence-corrected chi connectivity index (χ2v) is 12.9. The molecule has 1 aliphatic heterocycles. The van der Waals surface area contributed by atoms with Crippen molar-refractivity contribution in [2.45, 2.75) is 47.8 Å². The number of methoxy groups -OCH3 is 3. The van der Waals surface area contributed by atoms with Gasteiger partial charge in [-0.25, -0.2) is 0 Å². The molecule has 0 saturated carbocycles. The van der Waals surface area contributed by atoms with Gasteiger partial charge < -0.3 is 23.1 Å². The third-order valence-electron chi connectivity index (χ3n) is 6.20. The third-order valence-corrected chi connectivity index (χ3v) is 10.4. The van der Waals surface area contributed by atoms with Crippen molar-refractivity contribution in [3.05, 3.63) is 72.3 Å². The molecule has 36 heavy (non-hydrogen) atoms. The highest BCUT2D eigenvalue weighted by atomic mass is 32.3. The fourth-order valence-electron chi connectivity index (χ4n) is 4.62. The van der Waals surface area contributed by atoms with Gasteiger partial charge in [-0.15, -0.1) is 0 Å². The van der Waals surface area contributed by atoms with Gasteiger partial charge in [-0.05, 0) is 51.1 Å². The fourth-order valence-corrected chi connectivity index (χ4v) is 8.43. The minimum absolute atomic E-state index is 0.102. The van der Waals surface area contributed by atoms with Gasteiger partial charge in [0.2, 0.25) is 11.5 Å². The maximum absolute atomic E-state index is 13.6. The maximum atomic E-state index is 13.6. The first-order valence-corrected chi connectivity index (χ1v) is 13.4. The van der Waals surface area contributed by atoms with Gasteiger partial charge in [0, 0.05) is 21.0 Å².